The van der Waals surface area contributed by atoms with Crippen molar-refractivity contribution in [2.24, 2.45) is 5.92 Å². The highest BCUT2D eigenvalue weighted by atomic mass is 15.0. The van der Waals surface area contributed by atoms with E-state index in [1.54, 1.807) is 0 Å². The molecule has 0 spiro atoms. The molecule has 0 aliphatic carbocycles. The first-order valence-electron chi connectivity index (χ1n) is 5.16. The minimum Gasteiger partial charge on any atom is -0.339 e. The molecule has 1 aliphatic heterocycles. The minimum atomic E-state index is 0.774. The molecule has 1 fully saturated rings. The fourth-order valence-corrected chi connectivity index (χ4v) is 1.99. The lowest BCUT2D eigenvalue weighted by molar-refractivity contribution is 0.479. The van der Waals surface area contributed by atoms with Crippen LogP contribution < -0.4 is 5.32 Å². The predicted molar refractivity (Wildman–Crippen MR) is 54.7 cm³/mol. The summed E-state index contributed by atoms with van der Waals surface area (Å²) in [5.74, 6) is 0.795. The van der Waals surface area contributed by atoms with Crippen LogP contribution in [0.5, 0.6) is 0 Å². The molecule has 0 amide bonds. The second kappa shape index (κ2) is 4.30. The quantitative estimate of drug-likeness (QED) is 0.780. The summed E-state index contributed by atoms with van der Waals surface area (Å²) in [6.07, 6.45) is 4.44. The maximum absolute atomic E-state index is 8.82. The molecule has 3 heteroatoms. The van der Waals surface area contributed by atoms with E-state index in [1.807, 2.05) is 22.9 Å². The SMILES string of the molecule is N#Cc1cccn1CCC1CCNC1. The Balaban J connectivity index is 1.88. The largest absolute Gasteiger partial charge is 0.339 e. The van der Waals surface area contributed by atoms with Crippen molar-refractivity contribution in [3.05, 3.63) is 24.0 Å². The maximum atomic E-state index is 8.82. The smallest absolute Gasteiger partial charge is 0.120 e. The van der Waals surface area contributed by atoms with E-state index in [0.717, 1.165) is 31.2 Å². The fourth-order valence-electron chi connectivity index (χ4n) is 1.99. The molecule has 3 nitrogen and oxygen atoms in total. The Kier molecular flexibility index (Phi) is 2.85. The molecule has 2 rings (SSSR count). The van der Waals surface area contributed by atoms with Crippen molar-refractivity contribution in [2.75, 3.05) is 13.1 Å². The molecule has 1 atom stereocenters. The average molecular weight is 189 g/mol. The second-order valence-electron chi connectivity index (χ2n) is 3.85. The van der Waals surface area contributed by atoms with Crippen LogP contribution in [0.1, 0.15) is 18.5 Å². The standard InChI is InChI=1S/C11H15N3/c12-8-11-2-1-6-14(11)7-4-10-3-5-13-9-10/h1-2,6,10,13H,3-5,7,9H2. The Hall–Kier alpha value is -1.27. The van der Waals surface area contributed by atoms with Gasteiger partial charge in [-0.05, 0) is 44.0 Å². The first-order chi connectivity index (χ1) is 6.90. The van der Waals surface area contributed by atoms with Crippen LogP contribution >= 0.6 is 0 Å². The zero-order valence-electron chi connectivity index (χ0n) is 8.24. The molecule has 0 bridgehead atoms. The molecule has 1 saturated heterocycles. The van der Waals surface area contributed by atoms with Gasteiger partial charge in [-0.3, -0.25) is 0 Å². The zero-order valence-corrected chi connectivity index (χ0v) is 8.24. The molecular formula is C11H15N3. The minimum absolute atomic E-state index is 0.774. The lowest BCUT2D eigenvalue weighted by Gasteiger charge is -2.09. The van der Waals surface area contributed by atoms with Gasteiger partial charge in [0.15, 0.2) is 0 Å². The van der Waals surface area contributed by atoms with Gasteiger partial charge < -0.3 is 9.88 Å². The van der Waals surface area contributed by atoms with Gasteiger partial charge in [-0.25, -0.2) is 0 Å². The van der Waals surface area contributed by atoms with E-state index in [1.165, 1.54) is 12.8 Å². The number of nitriles is 1. The summed E-state index contributed by atoms with van der Waals surface area (Å²) in [7, 11) is 0. The third-order valence-corrected chi connectivity index (χ3v) is 2.88. The summed E-state index contributed by atoms with van der Waals surface area (Å²) >= 11 is 0. The molecule has 1 aromatic heterocycles. The second-order valence-corrected chi connectivity index (χ2v) is 3.85. The molecule has 1 aromatic rings. The summed E-state index contributed by atoms with van der Waals surface area (Å²) in [6, 6.07) is 6.00. The Morgan fingerprint density at radius 3 is 3.29 bits per heavy atom. The number of nitrogens with zero attached hydrogens (tertiary/aromatic N) is 2. The van der Waals surface area contributed by atoms with E-state index in [9.17, 15) is 0 Å². The lowest BCUT2D eigenvalue weighted by Crippen LogP contribution is -2.11. The van der Waals surface area contributed by atoms with Gasteiger partial charge in [0.2, 0.25) is 0 Å². The summed E-state index contributed by atoms with van der Waals surface area (Å²) in [6.45, 7) is 3.27. The fraction of sp³-hybridized carbons (Fsp3) is 0.545. The molecule has 0 aromatic carbocycles. The van der Waals surface area contributed by atoms with E-state index in [2.05, 4.69) is 11.4 Å². The Labute approximate surface area is 84.3 Å². The highest BCUT2D eigenvalue weighted by Gasteiger charge is 2.14. The van der Waals surface area contributed by atoms with Gasteiger partial charge in [0.25, 0.3) is 0 Å². The summed E-state index contributed by atoms with van der Waals surface area (Å²) in [5.41, 5.74) is 0.774. The maximum Gasteiger partial charge on any atom is 0.120 e. The van der Waals surface area contributed by atoms with Crippen LogP contribution in [0.3, 0.4) is 0 Å². The lowest BCUT2D eigenvalue weighted by atomic mass is 10.1. The average Bonchev–Trinajstić information content (AvgIpc) is 2.85. The van der Waals surface area contributed by atoms with Crippen molar-refractivity contribution in [1.82, 2.24) is 9.88 Å². The van der Waals surface area contributed by atoms with E-state index in [-0.39, 0.29) is 0 Å². The van der Waals surface area contributed by atoms with Gasteiger partial charge >= 0.3 is 0 Å². The number of hydrogen-bond donors (Lipinski definition) is 1. The molecule has 1 unspecified atom stereocenters. The van der Waals surface area contributed by atoms with Crippen LogP contribution in [-0.4, -0.2) is 17.7 Å². The van der Waals surface area contributed by atoms with Crippen LogP contribution in [0.2, 0.25) is 0 Å². The van der Waals surface area contributed by atoms with Crippen LogP contribution in [0, 0.1) is 17.2 Å². The van der Waals surface area contributed by atoms with Gasteiger partial charge in [-0.15, -0.1) is 0 Å². The highest BCUT2D eigenvalue weighted by Crippen LogP contribution is 2.14. The Morgan fingerprint density at radius 2 is 2.57 bits per heavy atom. The van der Waals surface area contributed by atoms with Gasteiger partial charge in [-0.1, -0.05) is 0 Å². The van der Waals surface area contributed by atoms with Gasteiger partial charge in [0.05, 0.1) is 0 Å². The van der Waals surface area contributed by atoms with Crippen molar-refractivity contribution in [1.29, 1.82) is 5.26 Å². The highest BCUT2D eigenvalue weighted by molar-refractivity contribution is 5.21. The summed E-state index contributed by atoms with van der Waals surface area (Å²) in [5, 5.41) is 12.2. The van der Waals surface area contributed by atoms with Crippen molar-refractivity contribution in [3.8, 4) is 6.07 Å². The van der Waals surface area contributed by atoms with E-state index < -0.39 is 0 Å². The number of hydrogen-bond acceptors (Lipinski definition) is 2. The zero-order chi connectivity index (χ0) is 9.80. The molecule has 74 valence electrons. The predicted octanol–water partition coefficient (Wildman–Crippen LogP) is 1.36. The Bertz CT molecular complexity index is 329. The Morgan fingerprint density at radius 1 is 1.64 bits per heavy atom. The summed E-state index contributed by atoms with van der Waals surface area (Å²) < 4.78 is 2.04. The molecule has 0 saturated carbocycles. The number of nitrogens with one attached hydrogen (secondary N) is 1. The molecule has 1 N–H and O–H groups in total. The number of aryl methyl sites for hydroxylation is 1. The third-order valence-electron chi connectivity index (χ3n) is 2.88. The molecule has 2 heterocycles. The van der Waals surface area contributed by atoms with Crippen LogP contribution in [0.15, 0.2) is 18.3 Å². The molecule has 1 aliphatic rings. The molecule has 14 heavy (non-hydrogen) atoms. The monoisotopic (exact) mass is 189 g/mol. The van der Waals surface area contributed by atoms with Crippen molar-refractivity contribution in [3.63, 3.8) is 0 Å². The van der Waals surface area contributed by atoms with Crippen molar-refractivity contribution < 1.29 is 0 Å². The molecular weight excluding hydrogens is 174 g/mol. The van der Waals surface area contributed by atoms with Crippen LogP contribution in [0.4, 0.5) is 0 Å². The number of rotatable bonds is 3. The van der Waals surface area contributed by atoms with Crippen LogP contribution in [0.25, 0.3) is 0 Å². The van der Waals surface area contributed by atoms with E-state index in [0.29, 0.717) is 0 Å². The first-order valence-corrected chi connectivity index (χ1v) is 5.16. The summed E-state index contributed by atoms with van der Waals surface area (Å²) in [4.78, 5) is 0. The van der Waals surface area contributed by atoms with E-state index in [4.69, 9.17) is 5.26 Å². The van der Waals surface area contributed by atoms with E-state index >= 15 is 0 Å². The van der Waals surface area contributed by atoms with Gasteiger partial charge in [0.1, 0.15) is 11.8 Å². The normalized spacial score (nSPS) is 20.9. The number of aromatic nitrogens is 1. The van der Waals surface area contributed by atoms with Crippen LogP contribution in [-0.2, 0) is 6.54 Å². The van der Waals surface area contributed by atoms with Crippen molar-refractivity contribution >= 4 is 0 Å². The third kappa shape index (κ3) is 1.97. The topological polar surface area (TPSA) is 40.8 Å². The molecule has 0 radical (unpaired) electrons. The first kappa shape index (κ1) is 9.29. The van der Waals surface area contributed by atoms with Gasteiger partial charge in [-0.2, -0.15) is 5.26 Å². The van der Waals surface area contributed by atoms with Crippen molar-refractivity contribution in [2.45, 2.75) is 19.4 Å². The van der Waals surface area contributed by atoms with Gasteiger partial charge in [0, 0.05) is 12.7 Å².